The van der Waals surface area contributed by atoms with E-state index in [-0.39, 0.29) is 27.8 Å². The van der Waals surface area contributed by atoms with E-state index in [2.05, 4.69) is 15.4 Å². The SMILES string of the molecule is CCC(=O)Nc1ccc([C@@H](C)NC(=O)c2cc(NS(=O)(=O)c3cccc([N+](=O)[O-])c3)ccc2O)cc1. The van der Waals surface area contributed by atoms with Gasteiger partial charge in [0.05, 0.1) is 21.4 Å². The van der Waals surface area contributed by atoms with E-state index >= 15 is 0 Å². The molecule has 0 aliphatic rings. The van der Waals surface area contributed by atoms with Crippen molar-refractivity contribution in [1.29, 1.82) is 0 Å². The normalized spacial score (nSPS) is 11.8. The molecule has 0 heterocycles. The molecule has 188 valence electrons. The summed E-state index contributed by atoms with van der Waals surface area (Å²) in [5.74, 6) is -1.14. The van der Waals surface area contributed by atoms with Crippen LogP contribution in [0.5, 0.6) is 5.75 Å². The average Bonchev–Trinajstić information content (AvgIpc) is 2.85. The van der Waals surface area contributed by atoms with Gasteiger partial charge < -0.3 is 15.7 Å². The highest BCUT2D eigenvalue weighted by Gasteiger charge is 2.20. The molecule has 4 N–H and O–H groups in total. The number of hydrogen-bond donors (Lipinski definition) is 4. The summed E-state index contributed by atoms with van der Waals surface area (Å²) in [5, 5.41) is 26.6. The fourth-order valence-electron chi connectivity index (χ4n) is 3.22. The first-order valence-electron chi connectivity index (χ1n) is 10.8. The van der Waals surface area contributed by atoms with Crippen LogP contribution in [0.3, 0.4) is 0 Å². The standard InChI is InChI=1S/C24H24N4O7S/c1-3-23(30)26-17-9-7-16(8-10-17)15(2)25-24(31)21-13-18(11-12-22(21)29)27-36(34,35)20-6-4-5-19(14-20)28(32)33/h4-15,27,29H,3H2,1-2H3,(H,25,31)(H,26,30)/t15-/m1/s1. The number of amides is 2. The van der Waals surface area contributed by atoms with Gasteiger partial charge in [-0.2, -0.15) is 0 Å². The Morgan fingerprint density at radius 3 is 2.33 bits per heavy atom. The number of phenolic OH excluding ortho intramolecular Hbond substituents is 1. The van der Waals surface area contributed by atoms with Crippen LogP contribution < -0.4 is 15.4 Å². The van der Waals surface area contributed by atoms with E-state index in [1.807, 2.05) is 0 Å². The third-order valence-corrected chi connectivity index (χ3v) is 6.57. The van der Waals surface area contributed by atoms with Gasteiger partial charge >= 0.3 is 0 Å². The Morgan fingerprint density at radius 2 is 1.69 bits per heavy atom. The molecule has 3 rings (SSSR count). The largest absolute Gasteiger partial charge is 0.507 e. The highest BCUT2D eigenvalue weighted by Crippen LogP contribution is 2.26. The minimum Gasteiger partial charge on any atom is -0.507 e. The minimum atomic E-state index is -4.20. The van der Waals surface area contributed by atoms with Crippen molar-refractivity contribution >= 4 is 38.9 Å². The van der Waals surface area contributed by atoms with Crippen LogP contribution in [0.25, 0.3) is 0 Å². The molecule has 0 saturated heterocycles. The summed E-state index contributed by atoms with van der Waals surface area (Å²) in [4.78, 5) is 34.3. The van der Waals surface area contributed by atoms with Gasteiger partial charge in [-0.3, -0.25) is 24.4 Å². The monoisotopic (exact) mass is 512 g/mol. The van der Waals surface area contributed by atoms with Crippen LogP contribution in [-0.4, -0.2) is 30.3 Å². The third kappa shape index (κ3) is 6.36. The van der Waals surface area contributed by atoms with Crippen LogP contribution in [0.15, 0.2) is 71.6 Å². The van der Waals surface area contributed by atoms with Gasteiger partial charge in [-0.15, -0.1) is 0 Å². The van der Waals surface area contributed by atoms with Crippen molar-refractivity contribution in [2.45, 2.75) is 31.2 Å². The van der Waals surface area contributed by atoms with Crippen molar-refractivity contribution in [2.75, 3.05) is 10.0 Å². The number of nitro benzene ring substituents is 1. The van der Waals surface area contributed by atoms with Crippen LogP contribution in [0.1, 0.15) is 42.2 Å². The van der Waals surface area contributed by atoms with Crippen molar-refractivity contribution in [3.63, 3.8) is 0 Å². The number of hydrogen-bond acceptors (Lipinski definition) is 7. The highest BCUT2D eigenvalue weighted by molar-refractivity contribution is 7.92. The number of nitro groups is 1. The van der Waals surface area contributed by atoms with Crippen LogP contribution in [0, 0.1) is 10.1 Å². The fraction of sp³-hybridized carbons (Fsp3) is 0.167. The van der Waals surface area contributed by atoms with E-state index in [0.717, 1.165) is 29.8 Å². The highest BCUT2D eigenvalue weighted by atomic mass is 32.2. The molecular weight excluding hydrogens is 488 g/mol. The molecule has 12 heteroatoms. The van der Waals surface area contributed by atoms with E-state index in [0.29, 0.717) is 12.1 Å². The van der Waals surface area contributed by atoms with Crippen LogP contribution in [0.4, 0.5) is 17.1 Å². The number of nitrogens with zero attached hydrogens (tertiary/aromatic N) is 1. The summed E-state index contributed by atoms with van der Waals surface area (Å²) in [5.41, 5.74) is 0.768. The van der Waals surface area contributed by atoms with Crippen molar-refractivity contribution < 1.29 is 28.0 Å². The number of nitrogens with one attached hydrogen (secondary N) is 3. The zero-order valence-electron chi connectivity index (χ0n) is 19.4. The first-order chi connectivity index (χ1) is 17.0. The van der Waals surface area contributed by atoms with Crippen molar-refractivity contribution in [1.82, 2.24) is 5.32 Å². The number of rotatable bonds is 9. The zero-order chi connectivity index (χ0) is 26.5. The number of carbonyl (C=O) groups excluding carboxylic acids is 2. The zero-order valence-corrected chi connectivity index (χ0v) is 20.2. The second-order valence-electron chi connectivity index (χ2n) is 7.81. The maximum atomic E-state index is 12.8. The molecule has 0 saturated carbocycles. The summed E-state index contributed by atoms with van der Waals surface area (Å²) >= 11 is 0. The average molecular weight is 513 g/mol. The second-order valence-corrected chi connectivity index (χ2v) is 9.49. The van der Waals surface area contributed by atoms with Gasteiger partial charge in [0.25, 0.3) is 21.6 Å². The van der Waals surface area contributed by atoms with Gasteiger partial charge in [0, 0.05) is 29.9 Å². The molecule has 1 atom stereocenters. The van der Waals surface area contributed by atoms with Gasteiger partial charge in [0.2, 0.25) is 5.91 Å². The number of phenols is 1. The number of anilines is 2. The topological polar surface area (TPSA) is 168 Å². The maximum absolute atomic E-state index is 12.8. The smallest absolute Gasteiger partial charge is 0.270 e. The maximum Gasteiger partial charge on any atom is 0.270 e. The number of sulfonamides is 1. The molecule has 0 aliphatic heterocycles. The van der Waals surface area contributed by atoms with E-state index < -0.39 is 32.6 Å². The molecule has 0 aliphatic carbocycles. The lowest BCUT2D eigenvalue weighted by atomic mass is 10.1. The lowest BCUT2D eigenvalue weighted by Crippen LogP contribution is -2.27. The molecule has 3 aromatic carbocycles. The molecule has 3 aromatic rings. The molecule has 11 nitrogen and oxygen atoms in total. The summed E-state index contributed by atoms with van der Waals surface area (Å²) in [6.45, 7) is 3.47. The molecule has 0 bridgehead atoms. The minimum absolute atomic E-state index is 0.0203. The van der Waals surface area contributed by atoms with Gasteiger partial charge in [0.1, 0.15) is 5.75 Å². The van der Waals surface area contributed by atoms with Gasteiger partial charge in [-0.1, -0.05) is 25.1 Å². The van der Waals surface area contributed by atoms with E-state index in [1.54, 1.807) is 38.1 Å². The Morgan fingerprint density at radius 1 is 1.03 bits per heavy atom. The van der Waals surface area contributed by atoms with Crippen molar-refractivity contribution in [2.24, 2.45) is 0 Å². The Bertz CT molecular complexity index is 1410. The van der Waals surface area contributed by atoms with Crippen LogP contribution in [-0.2, 0) is 14.8 Å². The van der Waals surface area contributed by atoms with Gasteiger partial charge in [-0.25, -0.2) is 8.42 Å². The number of benzene rings is 3. The summed E-state index contributed by atoms with van der Waals surface area (Å²) < 4.78 is 27.7. The molecule has 0 fully saturated rings. The molecule has 0 unspecified atom stereocenters. The van der Waals surface area contributed by atoms with Crippen LogP contribution in [0.2, 0.25) is 0 Å². The van der Waals surface area contributed by atoms with Crippen LogP contribution >= 0.6 is 0 Å². The predicted molar refractivity (Wildman–Crippen MR) is 133 cm³/mol. The predicted octanol–water partition coefficient (Wildman–Crippen LogP) is 3.94. The lowest BCUT2D eigenvalue weighted by molar-refractivity contribution is -0.385. The molecule has 0 aromatic heterocycles. The van der Waals surface area contributed by atoms with Crippen molar-refractivity contribution in [3.8, 4) is 5.75 Å². The lowest BCUT2D eigenvalue weighted by Gasteiger charge is -2.16. The first-order valence-corrected chi connectivity index (χ1v) is 12.3. The van der Waals surface area contributed by atoms with Gasteiger partial charge in [-0.05, 0) is 48.9 Å². The molecule has 0 spiro atoms. The third-order valence-electron chi connectivity index (χ3n) is 5.20. The quantitative estimate of drug-likeness (QED) is 0.191. The Labute approximate surface area is 207 Å². The summed E-state index contributed by atoms with van der Waals surface area (Å²) in [6, 6.07) is 14.5. The molecule has 36 heavy (non-hydrogen) atoms. The van der Waals surface area contributed by atoms with Crippen molar-refractivity contribution in [3.05, 3.63) is 88.0 Å². The van der Waals surface area contributed by atoms with E-state index in [4.69, 9.17) is 0 Å². The van der Waals surface area contributed by atoms with Gasteiger partial charge in [0.15, 0.2) is 0 Å². The number of non-ortho nitro benzene ring substituents is 1. The fourth-order valence-corrected chi connectivity index (χ4v) is 4.31. The Balaban J connectivity index is 1.75. The number of carbonyl (C=O) groups is 2. The molecule has 0 radical (unpaired) electrons. The van der Waals surface area contributed by atoms with E-state index in [9.17, 15) is 33.2 Å². The summed E-state index contributed by atoms with van der Waals surface area (Å²) in [6.07, 6.45) is 0.345. The first kappa shape index (κ1) is 26.2. The molecular formula is C24H24N4O7S. The Kier molecular flexibility index (Phi) is 7.90. The Hall–Kier alpha value is -4.45. The van der Waals surface area contributed by atoms with E-state index in [1.165, 1.54) is 18.2 Å². The number of aromatic hydroxyl groups is 1. The second kappa shape index (κ2) is 10.9. The molecule has 2 amide bonds. The summed E-state index contributed by atoms with van der Waals surface area (Å²) in [7, 11) is -4.20.